The Bertz CT molecular complexity index is 744. The molecule has 1 atom stereocenters. The number of benzene rings is 2. The number of rotatable bonds is 10. The van der Waals surface area contributed by atoms with E-state index in [0.29, 0.717) is 32.4 Å². The van der Waals surface area contributed by atoms with E-state index in [-0.39, 0.29) is 11.8 Å². The van der Waals surface area contributed by atoms with Gasteiger partial charge in [0.2, 0.25) is 11.8 Å². The van der Waals surface area contributed by atoms with Crippen molar-refractivity contribution in [3.8, 4) is 5.75 Å². The molecule has 0 bridgehead atoms. The SMILES string of the molecule is CCC(C(=O)NC)N(Cc1ccccc1)C(=O)CCCOc1ccc(C)cc1. The van der Waals surface area contributed by atoms with Gasteiger partial charge in [-0.15, -0.1) is 0 Å². The first-order chi connectivity index (χ1) is 13.5. The van der Waals surface area contributed by atoms with Crippen LogP contribution in [0.15, 0.2) is 54.6 Å². The molecule has 1 unspecified atom stereocenters. The predicted octanol–water partition coefficient (Wildman–Crippen LogP) is 3.71. The van der Waals surface area contributed by atoms with Gasteiger partial charge in [-0.25, -0.2) is 0 Å². The van der Waals surface area contributed by atoms with Gasteiger partial charge in [-0.2, -0.15) is 0 Å². The lowest BCUT2D eigenvalue weighted by Gasteiger charge is -2.30. The topological polar surface area (TPSA) is 58.6 Å². The summed E-state index contributed by atoms with van der Waals surface area (Å²) < 4.78 is 5.71. The van der Waals surface area contributed by atoms with E-state index in [0.717, 1.165) is 11.3 Å². The maximum Gasteiger partial charge on any atom is 0.242 e. The van der Waals surface area contributed by atoms with Crippen molar-refractivity contribution in [2.45, 2.75) is 45.7 Å². The zero-order chi connectivity index (χ0) is 20.4. The van der Waals surface area contributed by atoms with Gasteiger partial charge in [0.15, 0.2) is 0 Å². The highest BCUT2D eigenvalue weighted by Crippen LogP contribution is 2.15. The van der Waals surface area contributed by atoms with E-state index in [2.05, 4.69) is 5.32 Å². The van der Waals surface area contributed by atoms with Crippen molar-refractivity contribution in [2.24, 2.45) is 0 Å². The van der Waals surface area contributed by atoms with Crippen LogP contribution in [-0.4, -0.2) is 36.4 Å². The summed E-state index contributed by atoms with van der Waals surface area (Å²) in [5.41, 5.74) is 2.19. The highest BCUT2D eigenvalue weighted by molar-refractivity contribution is 5.87. The summed E-state index contributed by atoms with van der Waals surface area (Å²) in [6.45, 7) is 4.83. The van der Waals surface area contributed by atoms with Gasteiger partial charge in [0, 0.05) is 20.0 Å². The molecule has 0 aliphatic heterocycles. The summed E-state index contributed by atoms with van der Waals surface area (Å²) in [5, 5.41) is 2.67. The van der Waals surface area contributed by atoms with E-state index >= 15 is 0 Å². The third-order valence-electron chi connectivity index (χ3n) is 4.65. The first-order valence-corrected chi connectivity index (χ1v) is 9.79. The zero-order valence-electron chi connectivity index (χ0n) is 17.0. The number of ether oxygens (including phenoxy) is 1. The highest BCUT2D eigenvalue weighted by Gasteiger charge is 2.27. The van der Waals surface area contributed by atoms with Crippen molar-refractivity contribution in [3.05, 3.63) is 65.7 Å². The average molecular weight is 383 g/mol. The number of hydrogen-bond acceptors (Lipinski definition) is 3. The van der Waals surface area contributed by atoms with Gasteiger partial charge in [-0.1, -0.05) is 55.0 Å². The fourth-order valence-electron chi connectivity index (χ4n) is 3.06. The van der Waals surface area contributed by atoms with Gasteiger partial charge in [-0.3, -0.25) is 9.59 Å². The Hall–Kier alpha value is -2.82. The number of hydrogen-bond donors (Lipinski definition) is 1. The highest BCUT2D eigenvalue weighted by atomic mass is 16.5. The van der Waals surface area contributed by atoms with Gasteiger partial charge in [0.05, 0.1) is 6.61 Å². The zero-order valence-corrected chi connectivity index (χ0v) is 17.0. The Kier molecular flexibility index (Phi) is 8.53. The monoisotopic (exact) mass is 382 g/mol. The molecule has 0 radical (unpaired) electrons. The van der Waals surface area contributed by atoms with Crippen molar-refractivity contribution in [1.29, 1.82) is 0 Å². The summed E-state index contributed by atoms with van der Waals surface area (Å²) >= 11 is 0. The predicted molar refractivity (Wildman–Crippen MR) is 111 cm³/mol. The minimum Gasteiger partial charge on any atom is -0.494 e. The summed E-state index contributed by atoms with van der Waals surface area (Å²) in [4.78, 5) is 26.9. The Balaban J connectivity index is 1.97. The van der Waals surface area contributed by atoms with Crippen LogP contribution in [0.2, 0.25) is 0 Å². The molecule has 28 heavy (non-hydrogen) atoms. The molecule has 2 amide bonds. The number of carbonyl (C=O) groups excluding carboxylic acids is 2. The molecular weight excluding hydrogens is 352 g/mol. The third kappa shape index (κ3) is 6.41. The summed E-state index contributed by atoms with van der Waals surface area (Å²) in [6.07, 6.45) is 1.51. The molecule has 0 aliphatic rings. The van der Waals surface area contributed by atoms with Crippen molar-refractivity contribution in [2.75, 3.05) is 13.7 Å². The van der Waals surface area contributed by atoms with Crippen molar-refractivity contribution < 1.29 is 14.3 Å². The number of amides is 2. The minimum atomic E-state index is -0.476. The fraction of sp³-hybridized carbons (Fsp3) is 0.391. The number of aryl methyl sites for hydroxylation is 1. The lowest BCUT2D eigenvalue weighted by Crippen LogP contribution is -2.48. The smallest absolute Gasteiger partial charge is 0.242 e. The summed E-state index contributed by atoms with van der Waals surface area (Å²) in [7, 11) is 1.60. The Morgan fingerprint density at radius 3 is 2.36 bits per heavy atom. The molecule has 0 spiro atoms. The summed E-state index contributed by atoms with van der Waals surface area (Å²) in [6, 6.07) is 17.1. The first-order valence-electron chi connectivity index (χ1n) is 9.79. The Morgan fingerprint density at radius 1 is 1.07 bits per heavy atom. The van der Waals surface area contributed by atoms with Gasteiger partial charge >= 0.3 is 0 Å². The second-order valence-corrected chi connectivity index (χ2v) is 6.81. The maximum atomic E-state index is 12.9. The lowest BCUT2D eigenvalue weighted by atomic mass is 10.1. The molecule has 0 saturated carbocycles. The van der Waals surface area contributed by atoms with E-state index in [9.17, 15) is 9.59 Å². The average Bonchev–Trinajstić information content (AvgIpc) is 2.72. The van der Waals surface area contributed by atoms with E-state index < -0.39 is 6.04 Å². The third-order valence-corrected chi connectivity index (χ3v) is 4.65. The van der Waals surface area contributed by atoms with Crippen LogP contribution >= 0.6 is 0 Å². The fourth-order valence-corrected chi connectivity index (χ4v) is 3.06. The van der Waals surface area contributed by atoms with Gasteiger partial charge in [0.1, 0.15) is 11.8 Å². The Morgan fingerprint density at radius 2 is 1.75 bits per heavy atom. The number of nitrogens with zero attached hydrogens (tertiary/aromatic N) is 1. The van der Waals surface area contributed by atoms with E-state index in [1.165, 1.54) is 5.56 Å². The van der Waals surface area contributed by atoms with Crippen LogP contribution in [0.3, 0.4) is 0 Å². The number of carbonyl (C=O) groups is 2. The second-order valence-electron chi connectivity index (χ2n) is 6.81. The van der Waals surface area contributed by atoms with Crippen LogP contribution in [0.25, 0.3) is 0 Å². The molecule has 2 aromatic rings. The number of likely N-dealkylation sites (N-methyl/N-ethyl adjacent to an activating group) is 1. The van der Waals surface area contributed by atoms with Crippen molar-refractivity contribution >= 4 is 11.8 Å². The molecular formula is C23H30N2O3. The molecule has 2 rings (SSSR count). The van der Waals surface area contributed by atoms with Crippen molar-refractivity contribution in [1.82, 2.24) is 10.2 Å². The van der Waals surface area contributed by atoms with Crippen LogP contribution in [0.1, 0.15) is 37.3 Å². The Labute approximate surface area is 167 Å². The summed E-state index contributed by atoms with van der Waals surface area (Å²) in [5.74, 6) is 0.630. The lowest BCUT2D eigenvalue weighted by molar-refractivity contribution is -0.141. The van der Waals surface area contributed by atoms with Crippen LogP contribution in [0, 0.1) is 6.92 Å². The standard InChI is InChI=1S/C23H30N2O3/c1-4-21(23(27)24-3)25(17-19-9-6-5-7-10-19)22(26)11-8-16-28-20-14-12-18(2)13-15-20/h5-7,9-10,12-15,21H,4,8,11,16-17H2,1-3H3,(H,24,27). The first kappa shape index (κ1) is 21.5. The molecule has 150 valence electrons. The van der Waals surface area contributed by atoms with E-state index in [1.54, 1.807) is 11.9 Å². The minimum absolute atomic E-state index is 0.0354. The molecule has 5 nitrogen and oxygen atoms in total. The van der Waals surface area contributed by atoms with E-state index in [1.807, 2.05) is 68.4 Å². The maximum absolute atomic E-state index is 12.9. The molecule has 0 heterocycles. The van der Waals surface area contributed by atoms with E-state index in [4.69, 9.17) is 4.74 Å². The normalized spacial score (nSPS) is 11.5. The van der Waals surface area contributed by atoms with Crippen LogP contribution < -0.4 is 10.1 Å². The molecule has 0 saturated heterocycles. The van der Waals surface area contributed by atoms with Crippen molar-refractivity contribution in [3.63, 3.8) is 0 Å². The largest absolute Gasteiger partial charge is 0.494 e. The molecule has 2 aromatic carbocycles. The quantitative estimate of drug-likeness (QED) is 0.637. The second kappa shape index (κ2) is 11.1. The molecule has 1 N–H and O–H groups in total. The van der Waals surface area contributed by atoms with Crippen LogP contribution in [0.4, 0.5) is 0 Å². The van der Waals surface area contributed by atoms with Gasteiger partial charge < -0.3 is 15.0 Å². The van der Waals surface area contributed by atoms with Gasteiger partial charge in [0.25, 0.3) is 0 Å². The molecule has 0 fully saturated rings. The number of nitrogens with one attached hydrogen (secondary N) is 1. The molecule has 0 aliphatic carbocycles. The molecule has 0 aromatic heterocycles. The molecule has 5 heteroatoms. The van der Waals surface area contributed by atoms with Crippen LogP contribution in [0.5, 0.6) is 5.75 Å². The van der Waals surface area contributed by atoms with Crippen LogP contribution in [-0.2, 0) is 16.1 Å². The van der Waals surface area contributed by atoms with Gasteiger partial charge in [-0.05, 0) is 37.5 Å².